The van der Waals surface area contributed by atoms with Gasteiger partial charge in [-0.25, -0.2) is 0 Å². The van der Waals surface area contributed by atoms with E-state index in [1.54, 1.807) is 6.20 Å². The van der Waals surface area contributed by atoms with Crippen molar-refractivity contribution in [3.63, 3.8) is 0 Å². The Balaban J connectivity index is 1.56. The molecule has 1 aliphatic carbocycles. The van der Waals surface area contributed by atoms with Gasteiger partial charge in [0.1, 0.15) is 0 Å². The molecule has 0 bridgehead atoms. The molecule has 1 aliphatic heterocycles. The Kier molecular flexibility index (Phi) is 3.81. The van der Waals surface area contributed by atoms with Crippen LogP contribution in [0.3, 0.4) is 0 Å². The summed E-state index contributed by atoms with van der Waals surface area (Å²) in [7, 11) is 0. The molecule has 25 heavy (non-hydrogen) atoms. The van der Waals surface area contributed by atoms with Crippen LogP contribution in [0.5, 0.6) is 0 Å². The molecule has 2 aliphatic rings. The number of amides is 1. The Labute approximate surface area is 143 Å². The summed E-state index contributed by atoms with van der Waals surface area (Å²) in [4.78, 5) is 20.3. The number of rotatable bonds is 2. The number of aromatic nitrogens is 1. The maximum absolute atomic E-state index is 12.9. The molecule has 0 unspecified atom stereocenters. The van der Waals surface area contributed by atoms with E-state index in [9.17, 15) is 18.0 Å². The number of carbonyl (C=O) groups is 1. The number of alkyl halides is 3. The van der Waals surface area contributed by atoms with Crippen LogP contribution in [-0.4, -0.2) is 42.0 Å². The Morgan fingerprint density at radius 1 is 1.08 bits per heavy atom. The lowest BCUT2D eigenvalue weighted by Crippen LogP contribution is -2.49. The van der Waals surface area contributed by atoms with Crippen molar-refractivity contribution in [2.24, 2.45) is 5.92 Å². The van der Waals surface area contributed by atoms with Crippen LogP contribution in [-0.2, 0) is 11.0 Å². The minimum absolute atomic E-state index is 0.217. The van der Waals surface area contributed by atoms with Crippen molar-refractivity contribution in [2.75, 3.05) is 31.1 Å². The highest BCUT2D eigenvalue weighted by molar-refractivity contribution is 5.92. The van der Waals surface area contributed by atoms with Gasteiger partial charge in [0, 0.05) is 49.4 Å². The number of pyridine rings is 1. The van der Waals surface area contributed by atoms with Crippen molar-refractivity contribution in [2.45, 2.75) is 19.0 Å². The van der Waals surface area contributed by atoms with Crippen molar-refractivity contribution in [1.82, 2.24) is 9.88 Å². The number of fused-ring (bicyclic) bond motifs is 1. The van der Waals surface area contributed by atoms with Gasteiger partial charge < -0.3 is 9.80 Å². The monoisotopic (exact) mass is 349 g/mol. The van der Waals surface area contributed by atoms with E-state index in [1.165, 1.54) is 6.07 Å². The molecule has 2 aromatic rings. The first kappa shape index (κ1) is 16.2. The van der Waals surface area contributed by atoms with E-state index >= 15 is 0 Å². The number of nitrogens with zero attached hydrogens (tertiary/aromatic N) is 3. The average Bonchev–Trinajstić information content (AvgIpc) is 3.44. The minimum Gasteiger partial charge on any atom is -0.367 e. The van der Waals surface area contributed by atoms with Crippen molar-refractivity contribution in [3.8, 4) is 0 Å². The topological polar surface area (TPSA) is 36.4 Å². The van der Waals surface area contributed by atoms with Crippen LogP contribution < -0.4 is 4.90 Å². The third-order valence-corrected chi connectivity index (χ3v) is 4.91. The molecule has 0 spiro atoms. The number of anilines is 1. The van der Waals surface area contributed by atoms with Gasteiger partial charge in [-0.05, 0) is 31.0 Å². The van der Waals surface area contributed by atoms with Gasteiger partial charge in [-0.3, -0.25) is 9.78 Å². The standard InChI is InChI=1S/C18H18F3N3O/c19-18(20,21)13-3-4-14-15(11-13)22-6-5-16(14)23-7-9-24(10-8-23)17(25)12-1-2-12/h3-6,11-12H,1-2,7-10H2. The fourth-order valence-electron chi connectivity index (χ4n) is 3.34. The molecule has 1 saturated carbocycles. The molecule has 7 heteroatoms. The molecule has 0 atom stereocenters. The van der Waals surface area contributed by atoms with Gasteiger partial charge in [-0.1, -0.05) is 6.07 Å². The lowest BCUT2D eigenvalue weighted by Gasteiger charge is -2.36. The van der Waals surface area contributed by atoms with E-state index in [0.29, 0.717) is 37.1 Å². The first-order chi connectivity index (χ1) is 11.9. The largest absolute Gasteiger partial charge is 0.416 e. The molecule has 4 rings (SSSR count). The fourth-order valence-corrected chi connectivity index (χ4v) is 3.34. The maximum atomic E-state index is 12.9. The van der Waals surface area contributed by atoms with Crippen molar-refractivity contribution >= 4 is 22.5 Å². The lowest BCUT2D eigenvalue weighted by molar-refractivity contribution is -0.137. The van der Waals surface area contributed by atoms with Crippen LogP contribution >= 0.6 is 0 Å². The smallest absolute Gasteiger partial charge is 0.367 e. The Morgan fingerprint density at radius 2 is 1.80 bits per heavy atom. The van der Waals surface area contributed by atoms with Gasteiger partial charge in [0.25, 0.3) is 0 Å². The molecule has 0 radical (unpaired) electrons. The predicted octanol–water partition coefficient (Wildman–Crippen LogP) is 3.31. The molecule has 1 amide bonds. The van der Waals surface area contributed by atoms with Crippen molar-refractivity contribution in [1.29, 1.82) is 0 Å². The molecule has 132 valence electrons. The predicted molar refractivity (Wildman–Crippen MR) is 88.3 cm³/mol. The van der Waals surface area contributed by atoms with Gasteiger partial charge in [-0.15, -0.1) is 0 Å². The molecular weight excluding hydrogens is 331 g/mol. The van der Waals surface area contributed by atoms with Crippen molar-refractivity contribution in [3.05, 3.63) is 36.0 Å². The highest BCUT2D eigenvalue weighted by atomic mass is 19.4. The van der Waals surface area contributed by atoms with E-state index in [1.807, 2.05) is 11.0 Å². The number of piperazine rings is 1. The summed E-state index contributed by atoms with van der Waals surface area (Å²) < 4.78 is 38.7. The van der Waals surface area contributed by atoms with Crippen LogP contribution in [0.25, 0.3) is 10.9 Å². The highest BCUT2D eigenvalue weighted by Crippen LogP contribution is 2.34. The Morgan fingerprint density at radius 3 is 2.44 bits per heavy atom. The van der Waals surface area contributed by atoms with Crippen LogP contribution in [0.2, 0.25) is 0 Å². The number of hydrogen-bond acceptors (Lipinski definition) is 3. The third-order valence-electron chi connectivity index (χ3n) is 4.91. The molecular formula is C18H18F3N3O. The summed E-state index contributed by atoms with van der Waals surface area (Å²) in [6.45, 7) is 2.66. The fraction of sp³-hybridized carbons (Fsp3) is 0.444. The molecule has 1 saturated heterocycles. The maximum Gasteiger partial charge on any atom is 0.416 e. The molecule has 1 aromatic carbocycles. The molecule has 0 N–H and O–H groups in total. The van der Waals surface area contributed by atoms with Crippen LogP contribution in [0.15, 0.2) is 30.5 Å². The second kappa shape index (κ2) is 5.89. The molecule has 4 nitrogen and oxygen atoms in total. The number of hydrogen-bond donors (Lipinski definition) is 0. The minimum atomic E-state index is -4.37. The van der Waals surface area contributed by atoms with Gasteiger partial charge in [0.05, 0.1) is 11.1 Å². The van der Waals surface area contributed by atoms with Crippen LogP contribution in [0.4, 0.5) is 18.9 Å². The zero-order valence-corrected chi connectivity index (χ0v) is 13.6. The van der Waals surface area contributed by atoms with E-state index < -0.39 is 11.7 Å². The second-order valence-corrected chi connectivity index (χ2v) is 6.65. The van der Waals surface area contributed by atoms with Gasteiger partial charge in [0.2, 0.25) is 5.91 Å². The Hall–Kier alpha value is -2.31. The van der Waals surface area contributed by atoms with E-state index in [2.05, 4.69) is 9.88 Å². The summed E-state index contributed by atoms with van der Waals surface area (Å²) in [5, 5.41) is 0.706. The number of benzene rings is 1. The SMILES string of the molecule is O=C(C1CC1)N1CCN(c2ccnc3cc(C(F)(F)F)ccc23)CC1. The van der Waals surface area contributed by atoms with Gasteiger partial charge >= 0.3 is 6.18 Å². The summed E-state index contributed by atoms with van der Waals surface area (Å²) in [6, 6.07) is 5.50. The number of carbonyl (C=O) groups excluding carboxylic acids is 1. The zero-order valence-electron chi connectivity index (χ0n) is 13.6. The van der Waals surface area contributed by atoms with Crippen molar-refractivity contribution < 1.29 is 18.0 Å². The van der Waals surface area contributed by atoms with E-state index in [0.717, 1.165) is 30.7 Å². The van der Waals surface area contributed by atoms with E-state index in [4.69, 9.17) is 0 Å². The summed E-state index contributed by atoms with van der Waals surface area (Å²) in [5.41, 5.74) is 0.519. The summed E-state index contributed by atoms with van der Waals surface area (Å²) in [5.74, 6) is 0.461. The van der Waals surface area contributed by atoms with Gasteiger partial charge in [-0.2, -0.15) is 13.2 Å². The summed E-state index contributed by atoms with van der Waals surface area (Å²) >= 11 is 0. The molecule has 2 heterocycles. The summed E-state index contributed by atoms with van der Waals surface area (Å²) in [6.07, 6.45) is -0.842. The van der Waals surface area contributed by atoms with E-state index in [-0.39, 0.29) is 11.8 Å². The first-order valence-corrected chi connectivity index (χ1v) is 8.43. The first-order valence-electron chi connectivity index (χ1n) is 8.43. The average molecular weight is 349 g/mol. The number of halogens is 3. The second-order valence-electron chi connectivity index (χ2n) is 6.65. The van der Waals surface area contributed by atoms with Crippen LogP contribution in [0, 0.1) is 5.92 Å². The zero-order chi connectivity index (χ0) is 17.6. The lowest BCUT2D eigenvalue weighted by atomic mass is 10.1. The molecule has 1 aromatic heterocycles. The molecule has 2 fully saturated rings. The highest BCUT2D eigenvalue weighted by Gasteiger charge is 2.35. The van der Waals surface area contributed by atoms with Gasteiger partial charge in [0.15, 0.2) is 0 Å². The normalized spacial score (nSPS) is 18.7. The van der Waals surface area contributed by atoms with Crippen LogP contribution in [0.1, 0.15) is 18.4 Å². The third kappa shape index (κ3) is 3.15. The quantitative estimate of drug-likeness (QED) is 0.835. The Bertz CT molecular complexity index is 809.